The lowest BCUT2D eigenvalue weighted by Crippen LogP contribution is -2.39. The lowest BCUT2D eigenvalue weighted by atomic mass is 9.94. The van der Waals surface area contributed by atoms with Crippen LogP contribution in [0.15, 0.2) is 18.2 Å². The maximum atomic E-state index is 13.7. The molecule has 2 N–H and O–H groups in total. The summed E-state index contributed by atoms with van der Waals surface area (Å²) in [5.41, 5.74) is 6.08. The summed E-state index contributed by atoms with van der Waals surface area (Å²) in [7, 11) is 0. The van der Waals surface area contributed by atoms with Crippen molar-refractivity contribution in [1.82, 2.24) is 4.90 Å². The first-order chi connectivity index (χ1) is 9.20. The maximum Gasteiger partial charge on any atom is 0.127 e. The van der Waals surface area contributed by atoms with Gasteiger partial charge in [-0.25, -0.2) is 8.78 Å². The summed E-state index contributed by atoms with van der Waals surface area (Å²) in [6.45, 7) is 1.74. The van der Waals surface area contributed by atoms with E-state index in [1.807, 2.05) is 0 Å². The van der Waals surface area contributed by atoms with Gasteiger partial charge in [-0.05, 0) is 31.0 Å². The van der Waals surface area contributed by atoms with E-state index >= 15 is 0 Å². The van der Waals surface area contributed by atoms with Crippen molar-refractivity contribution < 1.29 is 8.78 Å². The molecular weight excluding hydrogens is 246 g/mol. The molecule has 0 amide bonds. The first-order valence-corrected chi connectivity index (χ1v) is 7.08. The summed E-state index contributed by atoms with van der Waals surface area (Å²) in [5.74, 6) is -0.716. The van der Waals surface area contributed by atoms with Gasteiger partial charge in [0.15, 0.2) is 0 Å². The van der Waals surface area contributed by atoms with Crippen LogP contribution in [0.25, 0.3) is 0 Å². The van der Waals surface area contributed by atoms with Crippen LogP contribution in [0.5, 0.6) is 0 Å². The zero-order valence-corrected chi connectivity index (χ0v) is 11.2. The molecule has 19 heavy (non-hydrogen) atoms. The number of rotatable bonds is 5. The fraction of sp³-hybridized carbons (Fsp3) is 0.600. The molecule has 2 rings (SSSR count). The number of nitrogens with zero attached hydrogens (tertiary/aromatic N) is 1. The van der Waals surface area contributed by atoms with Crippen LogP contribution in [0, 0.1) is 11.6 Å². The third kappa shape index (κ3) is 3.98. The number of benzene rings is 1. The molecule has 1 aliphatic carbocycles. The lowest BCUT2D eigenvalue weighted by Gasteiger charge is -2.34. The van der Waals surface area contributed by atoms with Crippen LogP contribution in [0.3, 0.4) is 0 Å². The van der Waals surface area contributed by atoms with Gasteiger partial charge in [0.25, 0.3) is 0 Å². The van der Waals surface area contributed by atoms with Gasteiger partial charge in [0, 0.05) is 31.2 Å². The summed E-state index contributed by atoms with van der Waals surface area (Å²) in [4.78, 5) is 2.21. The van der Waals surface area contributed by atoms with Gasteiger partial charge in [0.05, 0.1) is 0 Å². The smallest absolute Gasteiger partial charge is 0.127 e. The minimum Gasteiger partial charge on any atom is -0.329 e. The first-order valence-electron chi connectivity index (χ1n) is 7.08. The number of hydrogen-bond acceptors (Lipinski definition) is 2. The van der Waals surface area contributed by atoms with Crippen LogP contribution in [0.1, 0.15) is 37.7 Å². The third-order valence-electron chi connectivity index (χ3n) is 3.89. The van der Waals surface area contributed by atoms with Crippen molar-refractivity contribution in [3.63, 3.8) is 0 Å². The predicted octanol–water partition coefficient (Wildman–Crippen LogP) is 3.06. The van der Waals surface area contributed by atoms with E-state index in [0.717, 1.165) is 25.5 Å². The van der Waals surface area contributed by atoms with Crippen molar-refractivity contribution in [1.29, 1.82) is 0 Å². The van der Waals surface area contributed by atoms with Crippen LogP contribution in [-0.4, -0.2) is 24.0 Å². The van der Waals surface area contributed by atoms with Gasteiger partial charge in [-0.3, -0.25) is 4.90 Å². The molecule has 0 unspecified atom stereocenters. The van der Waals surface area contributed by atoms with Crippen molar-refractivity contribution in [2.75, 3.05) is 13.1 Å². The Kier molecular flexibility index (Phi) is 5.28. The SMILES string of the molecule is NCCN(Cc1cc(F)ccc1F)C1CCCCC1. The Hall–Kier alpha value is -1.00. The van der Waals surface area contributed by atoms with E-state index in [1.165, 1.54) is 31.4 Å². The number of hydrogen-bond donors (Lipinski definition) is 1. The van der Waals surface area contributed by atoms with Gasteiger partial charge in [-0.2, -0.15) is 0 Å². The van der Waals surface area contributed by atoms with Crippen LogP contribution < -0.4 is 5.73 Å². The van der Waals surface area contributed by atoms with Crippen molar-refractivity contribution >= 4 is 0 Å². The Morgan fingerprint density at radius 2 is 1.89 bits per heavy atom. The van der Waals surface area contributed by atoms with E-state index in [0.29, 0.717) is 24.7 Å². The zero-order valence-electron chi connectivity index (χ0n) is 11.2. The molecule has 0 spiro atoms. The lowest BCUT2D eigenvalue weighted by molar-refractivity contribution is 0.150. The zero-order chi connectivity index (χ0) is 13.7. The Balaban J connectivity index is 2.08. The molecule has 0 aromatic heterocycles. The van der Waals surface area contributed by atoms with Crippen molar-refractivity contribution in [3.05, 3.63) is 35.4 Å². The molecule has 1 aliphatic rings. The Labute approximate surface area is 113 Å². The topological polar surface area (TPSA) is 29.3 Å². The van der Waals surface area contributed by atoms with Crippen LogP contribution in [-0.2, 0) is 6.54 Å². The maximum absolute atomic E-state index is 13.7. The minimum atomic E-state index is -0.382. The van der Waals surface area contributed by atoms with Crippen molar-refractivity contribution in [3.8, 4) is 0 Å². The Morgan fingerprint density at radius 3 is 2.58 bits per heavy atom. The normalized spacial score (nSPS) is 17.1. The molecule has 0 saturated heterocycles. The summed E-state index contributed by atoms with van der Waals surface area (Å²) in [6, 6.07) is 4.11. The molecule has 1 aromatic carbocycles. The standard InChI is InChI=1S/C15H22F2N2/c16-13-6-7-15(17)12(10-13)11-19(9-8-18)14-4-2-1-3-5-14/h6-7,10,14H,1-5,8-9,11,18H2. The minimum absolute atomic E-state index is 0.334. The summed E-state index contributed by atoms with van der Waals surface area (Å²) < 4.78 is 26.9. The monoisotopic (exact) mass is 268 g/mol. The molecule has 0 bridgehead atoms. The highest BCUT2D eigenvalue weighted by molar-refractivity contribution is 5.18. The second-order valence-electron chi connectivity index (χ2n) is 5.29. The second-order valence-corrected chi connectivity index (χ2v) is 5.29. The summed E-state index contributed by atoms with van der Waals surface area (Å²) in [6.07, 6.45) is 5.99. The molecule has 2 nitrogen and oxygen atoms in total. The average Bonchev–Trinajstić information content (AvgIpc) is 2.43. The molecule has 4 heteroatoms. The van der Waals surface area contributed by atoms with Gasteiger partial charge < -0.3 is 5.73 Å². The van der Waals surface area contributed by atoms with E-state index in [4.69, 9.17) is 5.73 Å². The molecule has 106 valence electrons. The van der Waals surface area contributed by atoms with E-state index in [1.54, 1.807) is 0 Å². The Bertz CT molecular complexity index is 403. The molecule has 1 saturated carbocycles. The predicted molar refractivity (Wildman–Crippen MR) is 72.7 cm³/mol. The summed E-state index contributed by atoms with van der Waals surface area (Å²) in [5, 5.41) is 0. The molecular formula is C15H22F2N2. The quantitative estimate of drug-likeness (QED) is 0.889. The summed E-state index contributed by atoms with van der Waals surface area (Å²) >= 11 is 0. The second kappa shape index (κ2) is 6.96. The number of nitrogens with two attached hydrogens (primary N) is 1. The van der Waals surface area contributed by atoms with Crippen molar-refractivity contribution in [2.24, 2.45) is 5.73 Å². The first kappa shape index (κ1) is 14.4. The largest absolute Gasteiger partial charge is 0.329 e. The highest BCUT2D eigenvalue weighted by atomic mass is 19.1. The van der Waals surface area contributed by atoms with Gasteiger partial charge in [-0.15, -0.1) is 0 Å². The molecule has 0 radical (unpaired) electrons. The van der Waals surface area contributed by atoms with Crippen LogP contribution in [0.2, 0.25) is 0 Å². The van der Waals surface area contributed by atoms with Crippen molar-refractivity contribution in [2.45, 2.75) is 44.7 Å². The van der Waals surface area contributed by atoms with Gasteiger partial charge in [0.2, 0.25) is 0 Å². The van der Waals surface area contributed by atoms with E-state index in [-0.39, 0.29) is 11.6 Å². The fourth-order valence-electron chi connectivity index (χ4n) is 2.89. The molecule has 1 fully saturated rings. The van der Waals surface area contributed by atoms with Crippen LogP contribution in [0.4, 0.5) is 8.78 Å². The molecule has 0 heterocycles. The van der Waals surface area contributed by atoms with Gasteiger partial charge in [-0.1, -0.05) is 19.3 Å². The molecule has 0 aliphatic heterocycles. The van der Waals surface area contributed by atoms with Gasteiger partial charge in [0.1, 0.15) is 11.6 Å². The average molecular weight is 268 g/mol. The van der Waals surface area contributed by atoms with E-state index in [2.05, 4.69) is 4.90 Å². The number of halogens is 2. The van der Waals surface area contributed by atoms with Gasteiger partial charge >= 0.3 is 0 Å². The third-order valence-corrected chi connectivity index (χ3v) is 3.89. The highest BCUT2D eigenvalue weighted by Gasteiger charge is 2.21. The Morgan fingerprint density at radius 1 is 1.16 bits per heavy atom. The van der Waals surface area contributed by atoms with Crippen LogP contribution >= 0.6 is 0 Å². The highest BCUT2D eigenvalue weighted by Crippen LogP contribution is 2.24. The molecule has 1 aromatic rings. The fourth-order valence-corrected chi connectivity index (χ4v) is 2.89. The van der Waals surface area contributed by atoms with E-state index in [9.17, 15) is 8.78 Å². The molecule has 0 atom stereocenters. The van der Waals surface area contributed by atoms with E-state index < -0.39 is 0 Å².